The molecule has 110 valence electrons. The van der Waals surface area contributed by atoms with Crippen LogP contribution >= 0.6 is 0 Å². The minimum atomic E-state index is -0.836. The van der Waals surface area contributed by atoms with Crippen molar-refractivity contribution in [2.75, 3.05) is 6.54 Å². The predicted molar refractivity (Wildman–Crippen MR) is 72.1 cm³/mol. The van der Waals surface area contributed by atoms with E-state index in [2.05, 4.69) is 10.4 Å². The third-order valence-electron chi connectivity index (χ3n) is 3.72. The maximum atomic E-state index is 12.2. The molecule has 1 saturated heterocycles. The molecule has 2 N–H and O–H groups in total. The van der Waals surface area contributed by atoms with Crippen molar-refractivity contribution < 1.29 is 14.7 Å². The van der Waals surface area contributed by atoms with Crippen LogP contribution in [-0.4, -0.2) is 50.4 Å². The van der Waals surface area contributed by atoms with Crippen molar-refractivity contribution in [3.63, 3.8) is 0 Å². The van der Waals surface area contributed by atoms with Gasteiger partial charge in [0.15, 0.2) is 0 Å². The van der Waals surface area contributed by atoms with Crippen molar-refractivity contribution >= 4 is 12.0 Å². The van der Waals surface area contributed by atoms with E-state index in [1.165, 1.54) is 0 Å². The normalized spacial score (nSPS) is 23.6. The van der Waals surface area contributed by atoms with Gasteiger partial charge in [-0.25, -0.2) is 4.79 Å². The summed E-state index contributed by atoms with van der Waals surface area (Å²) in [5, 5.41) is 16.0. The van der Waals surface area contributed by atoms with Crippen molar-refractivity contribution in [3.05, 3.63) is 18.5 Å². The zero-order valence-corrected chi connectivity index (χ0v) is 11.7. The number of aromatic nitrogens is 2. The van der Waals surface area contributed by atoms with E-state index in [0.29, 0.717) is 19.5 Å². The molecule has 1 aromatic rings. The molecular formula is C13H20N4O3. The minimum absolute atomic E-state index is 0.0709. The van der Waals surface area contributed by atoms with Gasteiger partial charge < -0.3 is 15.3 Å². The number of carboxylic acids is 1. The largest absolute Gasteiger partial charge is 0.481 e. The fourth-order valence-electron chi connectivity index (χ4n) is 2.58. The Hall–Kier alpha value is -2.05. The lowest BCUT2D eigenvalue weighted by molar-refractivity contribution is -0.142. The highest BCUT2D eigenvalue weighted by molar-refractivity contribution is 5.78. The molecule has 1 aliphatic heterocycles. The van der Waals surface area contributed by atoms with Crippen LogP contribution < -0.4 is 5.32 Å². The first-order chi connectivity index (χ1) is 9.49. The summed E-state index contributed by atoms with van der Waals surface area (Å²) < 4.78 is 1.75. The zero-order valence-electron chi connectivity index (χ0n) is 11.7. The average Bonchev–Trinajstić information content (AvgIpc) is 2.97. The van der Waals surface area contributed by atoms with E-state index in [1.54, 1.807) is 22.7 Å². The number of carboxylic acid groups (broad SMARTS) is 1. The Morgan fingerprint density at radius 3 is 2.85 bits per heavy atom. The quantitative estimate of drug-likeness (QED) is 0.853. The molecule has 0 saturated carbocycles. The third kappa shape index (κ3) is 3.09. The summed E-state index contributed by atoms with van der Waals surface area (Å²) in [7, 11) is 0. The molecule has 0 spiro atoms. The topological polar surface area (TPSA) is 87.5 Å². The van der Waals surface area contributed by atoms with Crippen LogP contribution in [0.1, 0.15) is 20.3 Å². The molecule has 1 fully saturated rings. The van der Waals surface area contributed by atoms with Gasteiger partial charge in [0, 0.05) is 31.0 Å². The Balaban J connectivity index is 1.87. The van der Waals surface area contributed by atoms with E-state index in [-0.39, 0.29) is 18.1 Å². The number of carbonyl (C=O) groups excluding carboxylic acids is 1. The van der Waals surface area contributed by atoms with E-state index < -0.39 is 11.9 Å². The smallest absolute Gasteiger partial charge is 0.317 e. The molecule has 1 aromatic heterocycles. The van der Waals surface area contributed by atoms with Gasteiger partial charge in [-0.1, -0.05) is 0 Å². The van der Waals surface area contributed by atoms with Gasteiger partial charge in [-0.2, -0.15) is 5.10 Å². The highest BCUT2D eigenvalue weighted by atomic mass is 16.4. The number of nitrogens with zero attached hydrogens (tertiary/aromatic N) is 3. The molecule has 0 radical (unpaired) electrons. The van der Waals surface area contributed by atoms with Gasteiger partial charge in [-0.05, 0) is 26.3 Å². The number of amides is 2. The second kappa shape index (κ2) is 5.94. The van der Waals surface area contributed by atoms with Gasteiger partial charge in [-0.3, -0.25) is 9.48 Å². The summed E-state index contributed by atoms with van der Waals surface area (Å²) in [4.78, 5) is 24.8. The summed E-state index contributed by atoms with van der Waals surface area (Å²) in [6.45, 7) is 4.75. The Morgan fingerprint density at radius 1 is 1.55 bits per heavy atom. The van der Waals surface area contributed by atoms with Crippen molar-refractivity contribution in [2.45, 2.75) is 38.9 Å². The lowest BCUT2D eigenvalue weighted by atomic mass is 10.0. The second-order valence-electron chi connectivity index (χ2n) is 5.25. The van der Waals surface area contributed by atoms with Gasteiger partial charge in [0.05, 0.1) is 12.5 Å². The molecule has 0 bridgehead atoms. The Morgan fingerprint density at radius 2 is 2.30 bits per heavy atom. The van der Waals surface area contributed by atoms with E-state index in [4.69, 9.17) is 5.11 Å². The van der Waals surface area contributed by atoms with Crippen LogP contribution in [0.2, 0.25) is 0 Å². The van der Waals surface area contributed by atoms with Crippen LogP contribution in [-0.2, 0) is 11.3 Å². The summed E-state index contributed by atoms with van der Waals surface area (Å²) in [6.07, 6.45) is 4.04. The van der Waals surface area contributed by atoms with Gasteiger partial charge >= 0.3 is 12.0 Å². The highest BCUT2D eigenvalue weighted by Crippen LogP contribution is 2.24. The minimum Gasteiger partial charge on any atom is -0.481 e. The predicted octanol–water partition coefficient (Wildman–Crippen LogP) is 0.776. The number of urea groups is 1. The standard InChI is InChI=1S/C13H20N4O3/c1-9(8-16-6-3-5-14-16)15-13(20)17-7-4-11(10(17)2)12(18)19/h3,5-6,9-11H,4,7-8H2,1-2H3,(H,15,20)(H,18,19). The molecule has 7 heteroatoms. The van der Waals surface area contributed by atoms with Crippen LogP contribution in [0, 0.1) is 5.92 Å². The Kier molecular flexibility index (Phi) is 4.26. The highest BCUT2D eigenvalue weighted by Gasteiger charge is 2.38. The summed E-state index contributed by atoms with van der Waals surface area (Å²) in [6, 6.07) is 1.28. The van der Waals surface area contributed by atoms with Gasteiger partial charge in [0.25, 0.3) is 0 Å². The maximum absolute atomic E-state index is 12.2. The molecule has 0 aromatic carbocycles. The van der Waals surface area contributed by atoms with Crippen LogP contribution in [0.25, 0.3) is 0 Å². The Labute approximate surface area is 117 Å². The van der Waals surface area contributed by atoms with Crippen LogP contribution in [0.4, 0.5) is 4.79 Å². The van der Waals surface area contributed by atoms with Crippen LogP contribution in [0.15, 0.2) is 18.5 Å². The van der Waals surface area contributed by atoms with Gasteiger partial charge in [0.2, 0.25) is 0 Å². The number of nitrogens with one attached hydrogen (secondary N) is 1. The third-order valence-corrected chi connectivity index (χ3v) is 3.72. The number of hydrogen-bond donors (Lipinski definition) is 2. The molecule has 2 amide bonds. The van der Waals surface area contributed by atoms with Crippen LogP contribution in [0.3, 0.4) is 0 Å². The zero-order chi connectivity index (χ0) is 14.7. The Bertz CT molecular complexity index is 474. The fourth-order valence-corrected chi connectivity index (χ4v) is 2.58. The number of aliphatic carboxylic acids is 1. The van der Waals surface area contributed by atoms with Crippen molar-refractivity contribution in [1.82, 2.24) is 20.0 Å². The van der Waals surface area contributed by atoms with E-state index in [0.717, 1.165) is 0 Å². The van der Waals surface area contributed by atoms with Crippen LogP contribution in [0.5, 0.6) is 0 Å². The molecule has 20 heavy (non-hydrogen) atoms. The summed E-state index contributed by atoms with van der Waals surface area (Å²) >= 11 is 0. The van der Waals surface area contributed by atoms with E-state index in [1.807, 2.05) is 19.2 Å². The second-order valence-corrected chi connectivity index (χ2v) is 5.25. The molecule has 3 atom stereocenters. The SMILES string of the molecule is CC(Cn1cccn1)NC(=O)N1CCC(C(=O)O)C1C. The lowest BCUT2D eigenvalue weighted by Gasteiger charge is -2.25. The van der Waals surface area contributed by atoms with Gasteiger partial charge in [0.1, 0.15) is 0 Å². The first-order valence-electron chi connectivity index (χ1n) is 6.76. The molecular weight excluding hydrogens is 260 g/mol. The van der Waals surface area contributed by atoms with Crippen molar-refractivity contribution in [3.8, 4) is 0 Å². The molecule has 3 unspecified atom stereocenters. The number of likely N-dealkylation sites (tertiary alicyclic amines) is 1. The molecule has 2 rings (SSSR count). The first kappa shape index (κ1) is 14.4. The molecule has 0 aliphatic carbocycles. The first-order valence-corrected chi connectivity index (χ1v) is 6.76. The average molecular weight is 280 g/mol. The van der Waals surface area contributed by atoms with Gasteiger partial charge in [-0.15, -0.1) is 0 Å². The fraction of sp³-hybridized carbons (Fsp3) is 0.615. The number of carbonyl (C=O) groups is 2. The molecule has 1 aliphatic rings. The van der Waals surface area contributed by atoms with Crippen molar-refractivity contribution in [2.24, 2.45) is 5.92 Å². The van der Waals surface area contributed by atoms with E-state index in [9.17, 15) is 9.59 Å². The summed E-state index contributed by atoms with van der Waals surface area (Å²) in [5.41, 5.74) is 0. The number of rotatable bonds is 4. The lowest BCUT2D eigenvalue weighted by Crippen LogP contribution is -2.47. The number of hydrogen-bond acceptors (Lipinski definition) is 3. The monoisotopic (exact) mass is 280 g/mol. The maximum Gasteiger partial charge on any atom is 0.317 e. The molecule has 7 nitrogen and oxygen atoms in total. The molecule has 2 heterocycles. The summed E-state index contributed by atoms with van der Waals surface area (Å²) in [5.74, 6) is -1.31. The van der Waals surface area contributed by atoms with E-state index >= 15 is 0 Å². The van der Waals surface area contributed by atoms with Crippen molar-refractivity contribution in [1.29, 1.82) is 0 Å².